The molecular weight excluding hydrogens is 342 g/mol. The van der Waals surface area contributed by atoms with Crippen LogP contribution in [0.5, 0.6) is 5.75 Å². The van der Waals surface area contributed by atoms with Crippen molar-refractivity contribution in [2.75, 3.05) is 13.2 Å². The van der Waals surface area contributed by atoms with Crippen LogP contribution in [0, 0.1) is 10.1 Å². The highest BCUT2D eigenvalue weighted by Gasteiger charge is 2.18. The molecule has 0 unspecified atom stereocenters. The minimum atomic E-state index is -0.836. The number of carbonyl (C=O) groups excluding carboxylic acids is 2. The normalized spacial score (nSPS) is 10.9. The summed E-state index contributed by atoms with van der Waals surface area (Å²) in [4.78, 5) is 34.2. The maximum atomic E-state index is 12.1. The van der Waals surface area contributed by atoms with Crippen molar-refractivity contribution in [3.05, 3.63) is 46.2 Å². The number of esters is 2. The van der Waals surface area contributed by atoms with Crippen LogP contribution in [-0.4, -0.2) is 30.1 Å². The van der Waals surface area contributed by atoms with E-state index in [0.717, 1.165) is 25.0 Å². The van der Waals surface area contributed by atoms with Gasteiger partial charge in [-0.05, 0) is 18.9 Å². The average molecular weight is 365 g/mol. The zero-order valence-electron chi connectivity index (χ0n) is 14.9. The Hall–Kier alpha value is -2.90. The van der Waals surface area contributed by atoms with E-state index in [1.165, 1.54) is 18.2 Å². The summed E-state index contributed by atoms with van der Waals surface area (Å²) in [6, 6.07) is 5.28. The molecular formula is C18H23NO7. The van der Waals surface area contributed by atoms with Crippen LogP contribution in [0.3, 0.4) is 0 Å². The number of ether oxygens (including phenoxy) is 3. The van der Waals surface area contributed by atoms with Crippen LogP contribution < -0.4 is 4.74 Å². The maximum Gasteiger partial charge on any atom is 0.374 e. The highest BCUT2D eigenvalue weighted by Crippen LogP contribution is 2.21. The summed E-state index contributed by atoms with van der Waals surface area (Å²) in [6.07, 6.45) is 3.94. The number of benzene rings is 1. The zero-order valence-corrected chi connectivity index (χ0v) is 14.9. The second-order valence-corrected chi connectivity index (χ2v) is 5.38. The van der Waals surface area contributed by atoms with Crippen molar-refractivity contribution in [2.45, 2.75) is 39.5 Å². The largest absolute Gasteiger partial charge is 0.462 e. The molecule has 0 aromatic heterocycles. The van der Waals surface area contributed by atoms with E-state index in [-0.39, 0.29) is 30.4 Å². The fourth-order valence-electron chi connectivity index (χ4n) is 1.76. The molecule has 0 spiro atoms. The molecule has 0 radical (unpaired) electrons. The van der Waals surface area contributed by atoms with Crippen LogP contribution >= 0.6 is 0 Å². The molecule has 0 atom stereocenters. The van der Waals surface area contributed by atoms with Gasteiger partial charge in [-0.25, -0.2) is 9.59 Å². The molecule has 8 nitrogen and oxygen atoms in total. The number of nitro benzene ring substituents is 1. The van der Waals surface area contributed by atoms with Crippen LogP contribution in [0.15, 0.2) is 36.1 Å². The average Bonchev–Trinajstić information content (AvgIpc) is 2.61. The van der Waals surface area contributed by atoms with E-state index in [9.17, 15) is 19.7 Å². The summed E-state index contributed by atoms with van der Waals surface area (Å²) in [5, 5.41) is 10.8. The molecule has 0 bridgehead atoms. The predicted octanol–water partition coefficient (Wildman–Crippen LogP) is 3.54. The summed E-state index contributed by atoms with van der Waals surface area (Å²) in [5.41, 5.74) is -0.202. The lowest BCUT2D eigenvalue weighted by atomic mass is 10.3. The molecule has 0 aliphatic rings. The van der Waals surface area contributed by atoms with Crippen molar-refractivity contribution in [1.29, 1.82) is 0 Å². The summed E-state index contributed by atoms with van der Waals surface area (Å²) < 4.78 is 15.4. The molecule has 0 aliphatic heterocycles. The van der Waals surface area contributed by atoms with Crippen molar-refractivity contribution in [1.82, 2.24) is 0 Å². The first kappa shape index (κ1) is 21.1. The number of hydrogen-bond acceptors (Lipinski definition) is 7. The molecule has 1 aromatic rings. The first-order valence-corrected chi connectivity index (χ1v) is 8.45. The minimum absolute atomic E-state index is 0.0410. The number of hydrogen-bond donors (Lipinski definition) is 0. The van der Waals surface area contributed by atoms with Gasteiger partial charge in [-0.2, -0.15) is 0 Å². The number of unbranched alkanes of at least 4 members (excludes halogenated alkanes) is 2. The van der Waals surface area contributed by atoms with Gasteiger partial charge in [0.1, 0.15) is 5.75 Å². The quantitative estimate of drug-likeness (QED) is 0.147. The molecule has 0 aliphatic carbocycles. The van der Waals surface area contributed by atoms with Gasteiger partial charge in [-0.3, -0.25) is 10.1 Å². The first-order chi connectivity index (χ1) is 12.5. The monoisotopic (exact) mass is 365 g/mol. The third kappa shape index (κ3) is 7.78. The van der Waals surface area contributed by atoms with Gasteiger partial charge < -0.3 is 14.2 Å². The standard InChI is InChI=1S/C18H23NO7/c1-3-5-10-24-17(20)13-16(18(21)25-11-6-4-2)26-15-9-7-8-14(12-15)19(22)23/h7-9,12-13H,3-6,10-11H2,1-2H3. The van der Waals surface area contributed by atoms with E-state index in [0.29, 0.717) is 12.8 Å². The van der Waals surface area contributed by atoms with E-state index in [4.69, 9.17) is 14.2 Å². The number of nitro groups is 1. The molecule has 0 heterocycles. The summed E-state index contributed by atoms with van der Waals surface area (Å²) >= 11 is 0. The van der Waals surface area contributed by atoms with Gasteiger partial charge in [0, 0.05) is 6.07 Å². The first-order valence-electron chi connectivity index (χ1n) is 8.45. The summed E-state index contributed by atoms with van der Waals surface area (Å²) in [7, 11) is 0. The third-order valence-electron chi connectivity index (χ3n) is 3.18. The lowest BCUT2D eigenvalue weighted by Crippen LogP contribution is -2.16. The van der Waals surface area contributed by atoms with Crippen LogP contribution in [0.25, 0.3) is 0 Å². The Bertz CT molecular complexity index is 655. The smallest absolute Gasteiger partial charge is 0.374 e. The molecule has 1 rings (SSSR count). The third-order valence-corrected chi connectivity index (χ3v) is 3.18. The molecule has 1 aromatic carbocycles. The van der Waals surface area contributed by atoms with Gasteiger partial charge in [0.05, 0.1) is 30.3 Å². The number of nitrogens with zero attached hydrogens (tertiary/aromatic N) is 1. The molecule has 26 heavy (non-hydrogen) atoms. The fourth-order valence-corrected chi connectivity index (χ4v) is 1.76. The van der Waals surface area contributed by atoms with Crippen molar-refractivity contribution in [3.8, 4) is 5.75 Å². The predicted molar refractivity (Wildman–Crippen MR) is 93.5 cm³/mol. The fraction of sp³-hybridized carbons (Fsp3) is 0.444. The Balaban J connectivity index is 2.92. The van der Waals surface area contributed by atoms with E-state index >= 15 is 0 Å². The highest BCUT2D eigenvalue weighted by atomic mass is 16.6. The second-order valence-electron chi connectivity index (χ2n) is 5.38. The van der Waals surface area contributed by atoms with Gasteiger partial charge in [0.15, 0.2) is 0 Å². The molecule has 0 saturated heterocycles. The van der Waals surface area contributed by atoms with Gasteiger partial charge in [-0.15, -0.1) is 0 Å². The molecule has 142 valence electrons. The van der Waals surface area contributed by atoms with Gasteiger partial charge in [-0.1, -0.05) is 32.8 Å². The van der Waals surface area contributed by atoms with Crippen molar-refractivity contribution in [2.24, 2.45) is 0 Å². The van der Waals surface area contributed by atoms with Gasteiger partial charge in [0.2, 0.25) is 5.76 Å². The highest BCUT2D eigenvalue weighted by molar-refractivity contribution is 5.95. The van der Waals surface area contributed by atoms with Crippen molar-refractivity contribution < 1.29 is 28.7 Å². The molecule has 0 fully saturated rings. The van der Waals surface area contributed by atoms with Crippen molar-refractivity contribution in [3.63, 3.8) is 0 Å². The summed E-state index contributed by atoms with van der Waals surface area (Å²) in [6.45, 7) is 4.29. The van der Waals surface area contributed by atoms with Crippen LogP contribution in [0.2, 0.25) is 0 Å². The second kappa shape index (κ2) is 11.6. The lowest BCUT2D eigenvalue weighted by Gasteiger charge is -2.10. The zero-order chi connectivity index (χ0) is 19.4. The Morgan fingerprint density at radius 1 is 1.12 bits per heavy atom. The van der Waals surface area contributed by atoms with Crippen LogP contribution in [0.4, 0.5) is 5.69 Å². The molecule has 0 N–H and O–H groups in total. The SMILES string of the molecule is CCCCOC(=O)C=C(Oc1cccc([N+](=O)[O-])c1)C(=O)OCCCC. The van der Waals surface area contributed by atoms with E-state index in [2.05, 4.69) is 0 Å². The number of non-ortho nitro benzene ring substituents is 1. The summed E-state index contributed by atoms with van der Waals surface area (Å²) in [5.74, 6) is -1.92. The molecule has 0 amide bonds. The topological polar surface area (TPSA) is 105 Å². The van der Waals surface area contributed by atoms with E-state index in [1.54, 1.807) is 0 Å². The molecule has 0 saturated carbocycles. The van der Waals surface area contributed by atoms with E-state index < -0.39 is 16.9 Å². The Morgan fingerprint density at radius 3 is 2.38 bits per heavy atom. The van der Waals surface area contributed by atoms with E-state index in [1.807, 2.05) is 13.8 Å². The Morgan fingerprint density at radius 2 is 1.77 bits per heavy atom. The van der Waals surface area contributed by atoms with Gasteiger partial charge >= 0.3 is 11.9 Å². The number of carbonyl (C=O) groups is 2. The Labute approximate surface area is 151 Å². The maximum absolute atomic E-state index is 12.1. The van der Waals surface area contributed by atoms with Crippen LogP contribution in [0.1, 0.15) is 39.5 Å². The van der Waals surface area contributed by atoms with Gasteiger partial charge in [0.25, 0.3) is 5.69 Å². The molecule has 8 heteroatoms. The Kier molecular flexibility index (Phi) is 9.45. The minimum Gasteiger partial charge on any atom is -0.462 e. The number of rotatable bonds is 11. The lowest BCUT2D eigenvalue weighted by molar-refractivity contribution is -0.384. The van der Waals surface area contributed by atoms with Crippen LogP contribution in [-0.2, 0) is 19.1 Å². The van der Waals surface area contributed by atoms with Crippen molar-refractivity contribution >= 4 is 17.6 Å².